The van der Waals surface area contributed by atoms with E-state index in [2.05, 4.69) is 30.3 Å². The quantitative estimate of drug-likeness (QED) is 0.605. The molecule has 0 heterocycles. The van der Waals surface area contributed by atoms with Crippen LogP contribution in [0, 0.1) is 16.7 Å². The van der Waals surface area contributed by atoms with Crippen molar-refractivity contribution in [1.29, 1.82) is 0 Å². The molecule has 4 bridgehead atoms. The van der Waals surface area contributed by atoms with Crippen LogP contribution < -0.4 is 0 Å². The van der Waals surface area contributed by atoms with Gasteiger partial charge in [0.1, 0.15) is 0 Å². The van der Waals surface area contributed by atoms with E-state index in [1.807, 2.05) is 0 Å². The molecule has 1 aromatic carbocycles. The summed E-state index contributed by atoms with van der Waals surface area (Å²) in [6.07, 6.45) is 18.4. The van der Waals surface area contributed by atoms with E-state index in [0.29, 0.717) is 5.41 Å². The fraction of sp³-hybridized carbons (Fsp3) is 0.727. The minimum atomic E-state index is 0.547. The highest BCUT2D eigenvalue weighted by atomic mass is 14.6. The lowest BCUT2D eigenvalue weighted by Gasteiger charge is -2.65. The molecule has 0 aromatic heterocycles. The topological polar surface area (TPSA) is 0 Å². The van der Waals surface area contributed by atoms with Crippen molar-refractivity contribution in [2.45, 2.75) is 82.5 Å². The molecule has 118 valence electrons. The normalized spacial score (nSPS) is 46.8. The van der Waals surface area contributed by atoms with Crippen molar-refractivity contribution in [3.8, 4) is 0 Å². The van der Waals surface area contributed by atoms with Gasteiger partial charge in [-0.2, -0.15) is 0 Å². The lowest BCUT2D eigenvalue weighted by atomic mass is 9.40. The molecule has 1 aromatic rings. The number of rotatable bonds is 2. The van der Waals surface area contributed by atoms with Crippen LogP contribution in [0.5, 0.6) is 0 Å². The summed E-state index contributed by atoms with van der Waals surface area (Å²) in [6, 6.07) is 11.5. The molecule has 0 heteroatoms. The second kappa shape index (κ2) is 4.62. The first-order chi connectivity index (χ1) is 10.8. The van der Waals surface area contributed by atoms with Gasteiger partial charge < -0.3 is 0 Å². The van der Waals surface area contributed by atoms with Crippen molar-refractivity contribution in [2.24, 2.45) is 16.7 Å². The minimum Gasteiger partial charge on any atom is -0.0622 e. The SMILES string of the molecule is c1ccc(C23CCC(C45CCC(CC4)CC5)(CC2)CC3)cc1. The average molecular weight is 294 g/mol. The average Bonchev–Trinajstić information content (AvgIpc) is 2.65. The third-order valence-electron chi connectivity index (χ3n) is 8.85. The van der Waals surface area contributed by atoms with E-state index < -0.39 is 0 Å². The largest absolute Gasteiger partial charge is 0.0622 e. The van der Waals surface area contributed by atoms with Crippen molar-refractivity contribution in [3.05, 3.63) is 35.9 Å². The molecule has 0 spiro atoms. The Kier molecular flexibility index (Phi) is 2.86. The van der Waals surface area contributed by atoms with Crippen molar-refractivity contribution >= 4 is 0 Å². The Labute approximate surface area is 135 Å². The van der Waals surface area contributed by atoms with Gasteiger partial charge in [-0.1, -0.05) is 30.3 Å². The molecule has 6 aliphatic carbocycles. The number of fused-ring (bicyclic) bond motifs is 6. The number of hydrogen-bond donors (Lipinski definition) is 0. The van der Waals surface area contributed by atoms with E-state index in [1.165, 1.54) is 38.5 Å². The van der Waals surface area contributed by atoms with Crippen LogP contribution in [0.1, 0.15) is 82.6 Å². The number of benzene rings is 1. The maximum Gasteiger partial charge on any atom is -0.00463 e. The Morgan fingerprint density at radius 2 is 1.09 bits per heavy atom. The monoisotopic (exact) mass is 294 g/mol. The summed E-state index contributed by atoms with van der Waals surface area (Å²) in [5.74, 6) is 1.11. The molecule has 22 heavy (non-hydrogen) atoms. The molecule has 0 unspecified atom stereocenters. The first kappa shape index (κ1) is 13.6. The van der Waals surface area contributed by atoms with Crippen molar-refractivity contribution < 1.29 is 0 Å². The van der Waals surface area contributed by atoms with E-state index in [-0.39, 0.29) is 0 Å². The van der Waals surface area contributed by atoms with Crippen LogP contribution in [0.4, 0.5) is 0 Å². The first-order valence-corrected chi connectivity index (χ1v) is 9.82. The molecule has 0 amide bonds. The van der Waals surface area contributed by atoms with Crippen LogP contribution in [-0.2, 0) is 5.41 Å². The molecule has 6 saturated carbocycles. The van der Waals surface area contributed by atoms with Crippen LogP contribution in [0.15, 0.2) is 30.3 Å². The van der Waals surface area contributed by atoms with Gasteiger partial charge in [-0.15, -0.1) is 0 Å². The zero-order valence-electron chi connectivity index (χ0n) is 13.9. The van der Waals surface area contributed by atoms with Gasteiger partial charge >= 0.3 is 0 Å². The Hall–Kier alpha value is -0.780. The highest BCUT2D eigenvalue weighted by Crippen LogP contribution is 2.70. The molecule has 6 aliphatic rings. The summed E-state index contributed by atoms with van der Waals surface area (Å²) in [5, 5.41) is 0. The zero-order valence-corrected chi connectivity index (χ0v) is 13.9. The lowest BCUT2D eigenvalue weighted by molar-refractivity contribution is -0.125. The molecule has 0 nitrogen and oxygen atoms in total. The second-order valence-corrected chi connectivity index (χ2v) is 9.19. The Morgan fingerprint density at radius 1 is 0.591 bits per heavy atom. The van der Waals surface area contributed by atoms with Crippen LogP contribution in [0.25, 0.3) is 0 Å². The standard InChI is InChI=1S/C22H30/c1-2-4-19(5-3-1)20-12-15-22(16-13-20,17-14-20)21-9-6-18(7-10-21)8-11-21/h1-5,18H,6-17H2. The predicted octanol–water partition coefficient (Wildman–Crippen LogP) is 6.25. The molecule has 0 N–H and O–H groups in total. The highest BCUT2D eigenvalue weighted by molar-refractivity contribution is 5.29. The summed E-state index contributed by atoms with van der Waals surface area (Å²) in [5.41, 5.74) is 3.71. The lowest BCUT2D eigenvalue weighted by Crippen LogP contribution is -2.55. The summed E-state index contributed by atoms with van der Waals surface area (Å²) < 4.78 is 0. The zero-order chi connectivity index (χ0) is 14.7. The summed E-state index contributed by atoms with van der Waals surface area (Å²) in [6.45, 7) is 0. The molecule has 0 atom stereocenters. The van der Waals surface area contributed by atoms with Gasteiger partial charge in [-0.3, -0.25) is 0 Å². The van der Waals surface area contributed by atoms with E-state index in [0.717, 1.165) is 16.7 Å². The predicted molar refractivity (Wildman–Crippen MR) is 91.9 cm³/mol. The Morgan fingerprint density at radius 3 is 1.64 bits per heavy atom. The summed E-state index contributed by atoms with van der Waals surface area (Å²) in [7, 11) is 0. The fourth-order valence-electron chi connectivity index (χ4n) is 7.25. The summed E-state index contributed by atoms with van der Waals surface area (Å²) in [4.78, 5) is 0. The fourth-order valence-corrected chi connectivity index (χ4v) is 7.25. The van der Waals surface area contributed by atoms with Crippen molar-refractivity contribution in [2.75, 3.05) is 0 Å². The maximum absolute atomic E-state index is 2.41. The van der Waals surface area contributed by atoms with E-state index in [4.69, 9.17) is 0 Å². The highest BCUT2D eigenvalue weighted by Gasteiger charge is 2.59. The van der Waals surface area contributed by atoms with Crippen molar-refractivity contribution in [3.63, 3.8) is 0 Å². The third kappa shape index (κ3) is 1.70. The van der Waals surface area contributed by atoms with Gasteiger partial charge in [-0.25, -0.2) is 0 Å². The van der Waals surface area contributed by atoms with E-state index in [9.17, 15) is 0 Å². The second-order valence-electron chi connectivity index (χ2n) is 9.19. The maximum atomic E-state index is 2.41. The number of hydrogen-bond acceptors (Lipinski definition) is 0. The van der Waals surface area contributed by atoms with Crippen LogP contribution in [0.2, 0.25) is 0 Å². The minimum absolute atomic E-state index is 0.547. The molecule has 0 saturated heterocycles. The smallest absolute Gasteiger partial charge is 0.00463 e. The van der Waals surface area contributed by atoms with E-state index >= 15 is 0 Å². The molecular formula is C22H30. The Balaban J connectivity index is 1.43. The molecule has 0 radical (unpaired) electrons. The van der Waals surface area contributed by atoms with Gasteiger partial charge in [0.15, 0.2) is 0 Å². The van der Waals surface area contributed by atoms with Crippen LogP contribution in [0.3, 0.4) is 0 Å². The molecule has 7 rings (SSSR count). The third-order valence-corrected chi connectivity index (χ3v) is 8.85. The molecule has 0 aliphatic heterocycles. The van der Waals surface area contributed by atoms with E-state index in [1.54, 1.807) is 44.1 Å². The molecule has 6 fully saturated rings. The van der Waals surface area contributed by atoms with Gasteiger partial charge in [0.25, 0.3) is 0 Å². The Bertz CT molecular complexity index is 508. The van der Waals surface area contributed by atoms with Gasteiger partial charge in [-0.05, 0) is 105 Å². The van der Waals surface area contributed by atoms with Crippen LogP contribution in [-0.4, -0.2) is 0 Å². The van der Waals surface area contributed by atoms with Crippen molar-refractivity contribution in [1.82, 2.24) is 0 Å². The first-order valence-electron chi connectivity index (χ1n) is 9.82. The van der Waals surface area contributed by atoms with Gasteiger partial charge in [0, 0.05) is 0 Å². The van der Waals surface area contributed by atoms with Gasteiger partial charge in [0.05, 0.1) is 0 Å². The van der Waals surface area contributed by atoms with Gasteiger partial charge in [0.2, 0.25) is 0 Å². The molecular weight excluding hydrogens is 264 g/mol. The van der Waals surface area contributed by atoms with Crippen LogP contribution >= 0.6 is 0 Å². The summed E-state index contributed by atoms with van der Waals surface area (Å²) >= 11 is 0.